The zero-order valence-corrected chi connectivity index (χ0v) is 16.7. The van der Waals surface area contributed by atoms with E-state index in [2.05, 4.69) is 20.8 Å². The van der Waals surface area contributed by atoms with Gasteiger partial charge in [0.25, 0.3) is 0 Å². The largest absolute Gasteiger partial charge is 0.494 e. The van der Waals surface area contributed by atoms with E-state index >= 15 is 0 Å². The Hall–Kier alpha value is -3.42. The quantitative estimate of drug-likeness (QED) is 0.677. The summed E-state index contributed by atoms with van der Waals surface area (Å²) < 4.78 is 13.2. The second-order valence-corrected chi connectivity index (χ2v) is 7.66. The summed E-state index contributed by atoms with van der Waals surface area (Å²) in [7, 11) is 0. The fourth-order valence-corrected chi connectivity index (χ4v) is 3.69. The second-order valence-electron chi connectivity index (χ2n) is 7.66. The van der Waals surface area contributed by atoms with Gasteiger partial charge in [-0.3, -0.25) is 4.79 Å². The molecule has 8 heteroatoms. The lowest BCUT2D eigenvalue weighted by Gasteiger charge is -2.25. The van der Waals surface area contributed by atoms with Gasteiger partial charge in [-0.2, -0.15) is 0 Å². The van der Waals surface area contributed by atoms with Gasteiger partial charge in [0, 0.05) is 11.3 Å². The van der Waals surface area contributed by atoms with Gasteiger partial charge in [0.05, 0.1) is 18.6 Å². The van der Waals surface area contributed by atoms with E-state index in [1.165, 1.54) is 0 Å². The van der Waals surface area contributed by atoms with Crippen molar-refractivity contribution >= 4 is 11.6 Å². The number of fused-ring (bicyclic) bond motifs is 1. The molecule has 0 radical (unpaired) electrons. The molecule has 154 valence electrons. The van der Waals surface area contributed by atoms with E-state index in [9.17, 15) is 4.79 Å². The van der Waals surface area contributed by atoms with Crippen molar-refractivity contribution in [2.45, 2.75) is 32.2 Å². The standard InChI is InChI=1S/C22H23N5O3/c1-2-29-19-9-10-20-15(12-19)11-16(13-30-20)22(28)23-17-5-3-14(4-6-17)21-24-25-26-27(21)18-7-8-18/h3-6,9-10,12,16,18H,2,7-8,11,13H2,1H3,(H,23,28). The molecular formula is C22H23N5O3. The van der Waals surface area contributed by atoms with Crippen LogP contribution in [-0.4, -0.2) is 39.3 Å². The first kappa shape index (κ1) is 18.6. The summed E-state index contributed by atoms with van der Waals surface area (Å²) in [5.41, 5.74) is 2.67. The molecule has 0 bridgehead atoms. The van der Waals surface area contributed by atoms with Crippen molar-refractivity contribution in [2.75, 3.05) is 18.5 Å². The summed E-state index contributed by atoms with van der Waals surface area (Å²) in [4.78, 5) is 12.8. The molecule has 1 fully saturated rings. The molecule has 1 saturated carbocycles. The van der Waals surface area contributed by atoms with Crippen LogP contribution in [0.4, 0.5) is 5.69 Å². The summed E-state index contributed by atoms with van der Waals surface area (Å²) in [6.45, 7) is 2.91. The van der Waals surface area contributed by atoms with E-state index in [1.807, 2.05) is 54.1 Å². The van der Waals surface area contributed by atoms with E-state index in [0.29, 0.717) is 25.7 Å². The Labute approximate surface area is 174 Å². The number of amides is 1. The molecule has 1 N–H and O–H groups in total. The van der Waals surface area contributed by atoms with Gasteiger partial charge in [0.15, 0.2) is 5.82 Å². The third-order valence-corrected chi connectivity index (χ3v) is 5.42. The number of aromatic nitrogens is 4. The van der Waals surface area contributed by atoms with Crippen LogP contribution in [0.15, 0.2) is 42.5 Å². The van der Waals surface area contributed by atoms with Gasteiger partial charge in [-0.1, -0.05) is 0 Å². The minimum Gasteiger partial charge on any atom is -0.494 e. The van der Waals surface area contributed by atoms with Crippen LogP contribution >= 0.6 is 0 Å². The lowest BCUT2D eigenvalue weighted by atomic mass is 9.95. The van der Waals surface area contributed by atoms with Crippen molar-refractivity contribution < 1.29 is 14.3 Å². The SMILES string of the molecule is CCOc1ccc2c(c1)CC(C(=O)Nc1ccc(-c3nnnn3C3CC3)cc1)CO2. The molecular weight excluding hydrogens is 382 g/mol. The van der Waals surface area contributed by atoms with Crippen molar-refractivity contribution in [3.05, 3.63) is 48.0 Å². The number of nitrogens with zero attached hydrogens (tertiary/aromatic N) is 4. The molecule has 5 rings (SSSR count). The van der Waals surface area contributed by atoms with Crippen molar-refractivity contribution in [2.24, 2.45) is 5.92 Å². The Kier molecular flexibility index (Phi) is 4.82. The van der Waals surface area contributed by atoms with Crippen molar-refractivity contribution in [3.63, 3.8) is 0 Å². The Morgan fingerprint density at radius 1 is 1.23 bits per heavy atom. The van der Waals surface area contributed by atoms with Crippen LogP contribution in [0.5, 0.6) is 11.5 Å². The normalized spacial score (nSPS) is 17.7. The monoisotopic (exact) mass is 405 g/mol. The first-order chi connectivity index (χ1) is 14.7. The second kappa shape index (κ2) is 7.78. The Morgan fingerprint density at radius 3 is 2.83 bits per heavy atom. The Bertz CT molecular complexity index is 1060. The van der Waals surface area contributed by atoms with Crippen LogP contribution in [0, 0.1) is 5.92 Å². The number of hydrogen-bond acceptors (Lipinski definition) is 6. The van der Waals surface area contributed by atoms with Crippen LogP contribution in [0.1, 0.15) is 31.4 Å². The van der Waals surface area contributed by atoms with E-state index in [4.69, 9.17) is 9.47 Å². The predicted octanol–water partition coefficient (Wildman–Crippen LogP) is 3.26. The smallest absolute Gasteiger partial charge is 0.231 e. The minimum atomic E-state index is -0.254. The van der Waals surface area contributed by atoms with Crippen molar-refractivity contribution in [3.8, 4) is 22.9 Å². The minimum absolute atomic E-state index is 0.0574. The average molecular weight is 405 g/mol. The highest BCUT2D eigenvalue weighted by Crippen LogP contribution is 2.36. The van der Waals surface area contributed by atoms with Gasteiger partial charge in [-0.15, -0.1) is 5.10 Å². The first-order valence-corrected chi connectivity index (χ1v) is 10.3. The molecule has 30 heavy (non-hydrogen) atoms. The molecule has 1 aromatic heterocycles. The highest BCUT2D eigenvalue weighted by Gasteiger charge is 2.29. The molecule has 2 aromatic carbocycles. The fraction of sp³-hybridized carbons (Fsp3) is 0.364. The van der Waals surface area contributed by atoms with Crippen LogP contribution in [0.25, 0.3) is 11.4 Å². The maximum atomic E-state index is 12.8. The zero-order chi connectivity index (χ0) is 20.5. The van der Waals surface area contributed by atoms with Crippen LogP contribution in [0.3, 0.4) is 0 Å². The summed E-state index contributed by atoms with van der Waals surface area (Å²) in [5.74, 6) is 2.07. The fourth-order valence-electron chi connectivity index (χ4n) is 3.69. The van der Waals surface area contributed by atoms with Gasteiger partial charge < -0.3 is 14.8 Å². The maximum Gasteiger partial charge on any atom is 0.231 e. The molecule has 1 aliphatic carbocycles. The molecule has 1 atom stereocenters. The van der Waals surface area contributed by atoms with Gasteiger partial charge >= 0.3 is 0 Å². The maximum absolute atomic E-state index is 12.8. The Balaban J connectivity index is 1.25. The molecule has 0 spiro atoms. The number of rotatable bonds is 6. The van der Waals surface area contributed by atoms with Gasteiger partial charge in [-0.25, -0.2) is 4.68 Å². The molecule has 0 saturated heterocycles. The van der Waals surface area contributed by atoms with Crippen LogP contribution < -0.4 is 14.8 Å². The molecule has 2 heterocycles. The lowest BCUT2D eigenvalue weighted by Crippen LogP contribution is -2.32. The molecule has 1 amide bonds. The highest BCUT2D eigenvalue weighted by molar-refractivity contribution is 5.93. The van der Waals surface area contributed by atoms with Gasteiger partial charge in [0.2, 0.25) is 5.91 Å². The third-order valence-electron chi connectivity index (χ3n) is 5.42. The van der Waals surface area contributed by atoms with Crippen LogP contribution in [0.2, 0.25) is 0 Å². The number of ether oxygens (including phenoxy) is 2. The zero-order valence-electron chi connectivity index (χ0n) is 16.7. The number of carbonyl (C=O) groups is 1. The number of nitrogens with one attached hydrogen (secondary N) is 1. The summed E-state index contributed by atoms with van der Waals surface area (Å²) >= 11 is 0. The molecule has 3 aromatic rings. The highest BCUT2D eigenvalue weighted by atomic mass is 16.5. The number of tetrazole rings is 1. The topological polar surface area (TPSA) is 91.2 Å². The molecule has 2 aliphatic rings. The summed E-state index contributed by atoms with van der Waals surface area (Å²) in [5, 5.41) is 15.0. The summed E-state index contributed by atoms with van der Waals surface area (Å²) in [6, 6.07) is 13.8. The predicted molar refractivity (Wildman–Crippen MR) is 110 cm³/mol. The van der Waals surface area contributed by atoms with Gasteiger partial charge in [0.1, 0.15) is 18.1 Å². The lowest BCUT2D eigenvalue weighted by molar-refractivity contribution is -0.121. The number of anilines is 1. The van der Waals surface area contributed by atoms with E-state index < -0.39 is 0 Å². The molecule has 1 unspecified atom stereocenters. The first-order valence-electron chi connectivity index (χ1n) is 10.3. The Morgan fingerprint density at radius 2 is 2.07 bits per heavy atom. The van der Waals surface area contributed by atoms with Gasteiger partial charge in [-0.05, 0) is 84.6 Å². The third kappa shape index (κ3) is 3.72. The van der Waals surface area contributed by atoms with E-state index in [0.717, 1.165) is 47.0 Å². The van der Waals surface area contributed by atoms with Crippen molar-refractivity contribution in [1.82, 2.24) is 20.2 Å². The summed E-state index contributed by atoms with van der Waals surface area (Å²) in [6.07, 6.45) is 2.85. The molecule has 1 aliphatic heterocycles. The number of hydrogen-bond donors (Lipinski definition) is 1. The van der Waals surface area contributed by atoms with E-state index in [-0.39, 0.29) is 11.8 Å². The molecule has 8 nitrogen and oxygen atoms in total. The number of benzene rings is 2. The number of carbonyl (C=O) groups excluding carboxylic acids is 1. The van der Waals surface area contributed by atoms with Crippen LogP contribution in [-0.2, 0) is 11.2 Å². The van der Waals surface area contributed by atoms with E-state index in [1.54, 1.807) is 0 Å². The average Bonchev–Trinajstić information content (AvgIpc) is 3.50. The van der Waals surface area contributed by atoms with Crippen molar-refractivity contribution in [1.29, 1.82) is 0 Å².